The van der Waals surface area contributed by atoms with Crippen LogP contribution in [0.5, 0.6) is 11.5 Å². The molecule has 0 N–H and O–H groups in total. The Morgan fingerprint density at radius 2 is 1.72 bits per heavy atom. The highest BCUT2D eigenvalue weighted by Gasteiger charge is 2.18. The van der Waals surface area contributed by atoms with Crippen molar-refractivity contribution in [2.24, 2.45) is 0 Å². The van der Waals surface area contributed by atoms with Crippen molar-refractivity contribution in [1.82, 2.24) is 4.90 Å². The SMILES string of the molecule is COc1c(I)cc(CC(C)N(C)C)c(OC)c1I. The third kappa shape index (κ3) is 3.63. The Kier molecular flexibility index (Phi) is 6.46. The molecule has 1 aromatic carbocycles. The van der Waals surface area contributed by atoms with Gasteiger partial charge in [0.15, 0.2) is 0 Å². The van der Waals surface area contributed by atoms with E-state index in [2.05, 4.69) is 77.2 Å². The van der Waals surface area contributed by atoms with Crippen molar-refractivity contribution < 1.29 is 9.47 Å². The van der Waals surface area contributed by atoms with Crippen LogP contribution in [0.15, 0.2) is 6.07 Å². The molecule has 0 radical (unpaired) electrons. The van der Waals surface area contributed by atoms with Gasteiger partial charge in [-0.3, -0.25) is 0 Å². The van der Waals surface area contributed by atoms with Crippen LogP contribution in [-0.4, -0.2) is 39.3 Å². The Labute approximate surface area is 136 Å². The van der Waals surface area contributed by atoms with Crippen LogP contribution in [-0.2, 0) is 6.42 Å². The van der Waals surface area contributed by atoms with Crippen LogP contribution in [0.1, 0.15) is 12.5 Å². The minimum Gasteiger partial charge on any atom is -0.495 e. The first kappa shape index (κ1) is 16.3. The maximum absolute atomic E-state index is 5.54. The Morgan fingerprint density at radius 1 is 1.17 bits per heavy atom. The van der Waals surface area contributed by atoms with Gasteiger partial charge in [0.25, 0.3) is 0 Å². The van der Waals surface area contributed by atoms with E-state index >= 15 is 0 Å². The predicted octanol–water partition coefficient (Wildman–Crippen LogP) is 3.41. The highest BCUT2D eigenvalue weighted by atomic mass is 127. The van der Waals surface area contributed by atoms with Crippen molar-refractivity contribution in [2.75, 3.05) is 28.3 Å². The second-order valence-electron chi connectivity index (χ2n) is 4.41. The summed E-state index contributed by atoms with van der Waals surface area (Å²) < 4.78 is 13.1. The van der Waals surface area contributed by atoms with Crippen molar-refractivity contribution in [3.63, 3.8) is 0 Å². The quantitative estimate of drug-likeness (QED) is 0.610. The van der Waals surface area contributed by atoms with Gasteiger partial charge in [0, 0.05) is 6.04 Å². The lowest BCUT2D eigenvalue weighted by atomic mass is 10.1. The fourth-order valence-electron chi connectivity index (χ4n) is 1.69. The van der Waals surface area contributed by atoms with Gasteiger partial charge in [0.1, 0.15) is 11.5 Å². The first-order valence-electron chi connectivity index (χ1n) is 5.67. The van der Waals surface area contributed by atoms with E-state index < -0.39 is 0 Å². The number of rotatable bonds is 5. The lowest BCUT2D eigenvalue weighted by Crippen LogP contribution is -2.27. The van der Waals surface area contributed by atoms with Crippen molar-refractivity contribution in [1.29, 1.82) is 0 Å². The molecule has 0 spiro atoms. The zero-order chi connectivity index (χ0) is 13.9. The molecule has 0 aliphatic rings. The fraction of sp³-hybridized carbons (Fsp3) is 0.538. The lowest BCUT2D eigenvalue weighted by Gasteiger charge is -2.22. The average molecular weight is 475 g/mol. The summed E-state index contributed by atoms with van der Waals surface area (Å²) in [5, 5.41) is 0. The standard InChI is InChI=1S/C13H19I2NO2/c1-8(16(2)3)6-9-7-10(14)13(18-5)11(15)12(9)17-4/h7-8H,6H2,1-5H3. The van der Waals surface area contributed by atoms with Crippen LogP contribution in [0.4, 0.5) is 0 Å². The van der Waals surface area contributed by atoms with Crippen LogP contribution < -0.4 is 9.47 Å². The molecule has 1 rings (SSSR count). The minimum atomic E-state index is 0.471. The summed E-state index contributed by atoms with van der Waals surface area (Å²) in [7, 11) is 7.60. The normalized spacial score (nSPS) is 12.7. The Balaban J connectivity index is 3.20. The molecule has 0 aliphatic carbocycles. The van der Waals surface area contributed by atoms with Gasteiger partial charge in [-0.1, -0.05) is 0 Å². The molecule has 0 amide bonds. The smallest absolute Gasteiger partial charge is 0.149 e. The number of likely N-dealkylation sites (N-methyl/N-ethyl adjacent to an activating group) is 1. The lowest BCUT2D eigenvalue weighted by molar-refractivity contribution is 0.307. The average Bonchev–Trinajstić information content (AvgIpc) is 2.29. The molecule has 0 heterocycles. The second-order valence-corrected chi connectivity index (χ2v) is 6.66. The topological polar surface area (TPSA) is 21.7 Å². The van der Waals surface area contributed by atoms with Gasteiger partial charge < -0.3 is 14.4 Å². The van der Waals surface area contributed by atoms with Gasteiger partial charge in [-0.15, -0.1) is 0 Å². The fourth-order valence-corrected chi connectivity index (χ4v) is 4.15. The molecular formula is C13H19I2NO2. The molecule has 0 saturated carbocycles. The molecule has 0 saturated heterocycles. The third-order valence-electron chi connectivity index (χ3n) is 3.01. The van der Waals surface area contributed by atoms with Crippen molar-refractivity contribution in [3.8, 4) is 11.5 Å². The maximum atomic E-state index is 5.54. The van der Waals surface area contributed by atoms with Crippen LogP contribution in [0.2, 0.25) is 0 Å². The van der Waals surface area contributed by atoms with E-state index in [1.54, 1.807) is 14.2 Å². The summed E-state index contributed by atoms with van der Waals surface area (Å²) in [4.78, 5) is 2.21. The van der Waals surface area contributed by atoms with E-state index in [0.29, 0.717) is 6.04 Å². The van der Waals surface area contributed by atoms with E-state index in [9.17, 15) is 0 Å². The molecule has 0 bridgehead atoms. The third-order valence-corrected chi connectivity index (χ3v) is 4.79. The molecule has 1 atom stereocenters. The number of ether oxygens (including phenoxy) is 2. The molecule has 5 heteroatoms. The zero-order valence-corrected chi connectivity index (χ0v) is 15.7. The highest BCUT2D eigenvalue weighted by Crippen LogP contribution is 2.38. The van der Waals surface area contributed by atoms with Crippen LogP contribution >= 0.6 is 45.2 Å². The number of hydrogen-bond donors (Lipinski definition) is 0. The second kappa shape index (κ2) is 7.14. The van der Waals surface area contributed by atoms with E-state index in [0.717, 1.165) is 25.1 Å². The van der Waals surface area contributed by atoms with E-state index in [1.165, 1.54) is 5.56 Å². The molecule has 0 fully saturated rings. The van der Waals surface area contributed by atoms with Gasteiger partial charge in [-0.25, -0.2) is 0 Å². The summed E-state index contributed by atoms with van der Waals surface area (Å²) in [5.41, 5.74) is 1.23. The summed E-state index contributed by atoms with van der Waals surface area (Å²) in [5.74, 6) is 1.83. The number of halogens is 2. The molecule has 1 unspecified atom stereocenters. The molecular weight excluding hydrogens is 456 g/mol. The van der Waals surface area contributed by atoms with Gasteiger partial charge >= 0.3 is 0 Å². The number of methoxy groups -OCH3 is 2. The summed E-state index contributed by atoms with van der Waals surface area (Å²) in [6, 6.07) is 2.62. The molecule has 18 heavy (non-hydrogen) atoms. The van der Waals surface area contributed by atoms with Crippen molar-refractivity contribution in [2.45, 2.75) is 19.4 Å². The first-order valence-corrected chi connectivity index (χ1v) is 7.83. The minimum absolute atomic E-state index is 0.471. The molecule has 102 valence electrons. The molecule has 0 aromatic heterocycles. The molecule has 0 aliphatic heterocycles. The van der Waals surface area contributed by atoms with E-state index in [-0.39, 0.29) is 0 Å². The van der Waals surface area contributed by atoms with Crippen LogP contribution in [0, 0.1) is 7.14 Å². The molecule has 1 aromatic rings. The van der Waals surface area contributed by atoms with E-state index in [4.69, 9.17) is 9.47 Å². The Morgan fingerprint density at radius 3 is 2.17 bits per heavy atom. The largest absolute Gasteiger partial charge is 0.495 e. The van der Waals surface area contributed by atoms with Crippen molar-refractivity contribution in [3.05, 3.63) is 18.8 Å². The van der Waals surface area contributed by atoms with Gasteiger partial charge in [-0.2, -0.15) is 0 Å². The Hall–Kier alpha value is 0.240. The van der Waals surface area contributed by atoms with Crippen LogP contribution in [0.25, 0.3) is 0 Å². The summed E-state index contributed by atoms with van der Waals surface area (Å²) in [6.07, 6.45) is 0.964. The van der Waals surface area contributed by atoms with Gasteiger partial charge in [0.05, 0.1) is 21.4 Å². The van der Waals surface area contributed by atoms with Crippen LogP contribution in [0.3, 0.4) is 0 Å². The number of hydrogen-bond acceptors (Lipinski definition) is 3. The van der Waals surface area contributed by atoms with Crippen molar-refractivity contribution >= 4 is 45.2 Å². The summed E-state index contributed by atoms with van der Waals surface area (Å²) in [6.45, 7) is 2.21. The maximum Gasteiger partial charge on any atom is 0.149 e. The van der Waals surface area contributed by atoms with E-state index in [1.807, 2.05) is 0 Å². The molecule has 3 nitrogen and oxygen atoms in total. The Bertz CT molecular complexity index is 422. The number of nitrogens with zero attached hydrogens (tertiary/aromatic N) is 1. The zero-order valence-electron chi connectivity index (χ0n) is 11.4. The monoisotopic (exact) mass is 475 g/mol. The summed E-state index contributed by atoms with van der Waals surface area (Å²) >= 11 is 4.60. The van der Waals surface area contributed by atoms with Gasteiger partial charge in [-0.05, 0) is 84.3 Å². The van der Waals surface area contributed by atoms with Gasteiger partial charge in [0.2, 0.25) is 0 Å². The predicted molar refractivity (Wildman–Crippen MR) is 91.8 cm³/mol. The number of benzene rings is 1. The highest BCUT2D eigenvalue weighted by molar-refractivity contribution is 14.1. The first-order chi connectivity index (χ1) is 8.42.